The van der Waals surface area contributed by atoms with Gasteiger partial charge in [-0.3, -0.25) is 9.69 Å². The number of aromatic nitrogens is 5. The van der Waals surface area contributed by atoms with Gasteiger partial charge in [-0.05, 0) is 68.1 Å². The predicted molar refractivity (Wildman–Crippen MR) is 120 cm³/mol. The van der Waals surface area contributed by atoms with Crippen molar-refractivity contribution in [2.45, 2.75) is 57.4 Å². The number of nitrogens with zero attached hydrogens (tertiary/aromatic N) is 7. The lowest BCUT2D eigenvalue weighted by atomic mass is 9.71. The minimum Gasteiger partial charge on any atom is -0.394 e. The van der Waals surface area contributed by atoms with Crippen LogP contribution in [0.15, 0.2) is 35.9 Å². The number of likely N-dealkylation sites (tertiary alicyclic amines) is 1. The second-order valence-electron chi connectivity index (χ2n) is 9.58. The van der Waals surface area contributed by atoms with Gasteiger partial charge < -0.3 is 19.8 Å². The van der Waals surface area contributed by atoms with Crippen LogP contribution in [0, 0.1) is 5.41 Å². The normalized spacial score (nSPS) is 28.5. The van der Waals surface area contributed by atoms with E-state index < -0.39 is 6.29 Å². The molecule has 182 valence electrons. The SMILES string of the molecule is CC1=C(N2CCC3(CCC(N(C)[C@H](CO)c4ccc(-n5cnnn5)nc4)CC3)C2=O)COC1O. The summed E-state index contributed by atoms with van der Waals surface area (Å²) in [5.74, 6) is 0.782. The lowest BCUT2D eigenvalue weighted by Crippen LogP contribution is -2.44. The van der Waals surface area contributed by atoms with Gasteiger partial charge in [0.05, 0.1) is 30.4 Å². The molecule has 11 heteroatoms. The van der Waals surface area contributed by atoms with Gasteiger partial charge in [-0.1, -0.05) is 6.07 Å². The molecule has 2 aromatic heterocycles. The van der Waals surface area contributed by atoms with Crippen LogP contribution in [0.3, 0.4) is 0 Å². The molecule has 2 N–H and O–H groups in total. The Morgan fingerprint density at radius 2 is 2.09 bits per heavy atom. The van der Waals surface area contributed by atoms with E-state index in [0.717, 1.165) is 48.9 Å². The molecular weight excluding hydrogens is 438 g/mol. The quantitative estimate of drug-likeness (QED) is 0.631. The Morgan fingerprint density at radius 3 is 2.68 bits per heavy atom. The van der Waals surface area contributed by atoms with Gasteiger partial charge in [0.15, 0.2) is 12.1 Å². The highest BCUT2D eigenvalue weighted by atomic mass is 16.6. The third kappa shape index (κ3) is 3.92. The molecule has 1 amide bonds. The molecule has 5 rings (SSSR count). The van der Waals surface area contributed by atoms with Crippen LogP contribution in [0.25, 0.3) is 5.82 Å². The van der Waals surface area contributed by atoms with E-state index in [-0.39, 0.29) is 30.0 Å². The van der Waals surface area contributed by atoms with E-state index >= 15 is 0 Å². The summed E-state index contributed by atoms with van der Waals surface area (Å²) in [5.41, 5.74) is 2.16. The molecule has 2 aromatic rings. The highest BCUT2D eigenvalue weighted by Crippen LogP contribution is 2.48. The van der Waals surface area contributed by atoms with E-state index in [2.05, 4.69) is 25.4 Å². The van der Waals surface area contributed by atoms with Crippen LogP contribution in [-0.4, -0.2) is 90.2 Å². The summed E-state index contributed by atoms with van der Waals surface area (Å²) < 4.78 is 6.80. The fourth-order valence-corrected chi connectivity index (χ4v) is 5.65. The number of carbonyl (C=O) groups is 1. The van der Waals surface area contributed by atoms with Gasteiger partial charge in [-0.2, -0.15) is 4.68 Å². The molecule has 34 heavy (non-hydrogen) atoms. The summed E-state index contributed by atoms with van der Waals surface area (Å²) in [6.45, 7) is 2.78. The molecule has 1 aliphatic carbocycles. The fourth-order valence-electron chi connectivity index (χ4n) is 5.65. The molecule has 4 heterocycles. The van der Waals surface area contributed by atoms with Crippen molar-refractivity contribution in [3.05, 3.63) is 41.5 Å². The number of carbonyl (C=O) groups excluding carboxylic acids is 1. The topological polar surface area (TPSA) is 130 Å². The fraction of sp³-hybridized carbons (Fsp3) is 0.609. The van der Waals surface area contributed by atoms with Crippen LogP contribution in [0.4, 0.5) is 0 Å². The van der Waals surface area contributed by atoms with E-state index in [1.165, 1.54) is 11.0 Å². The second kappa shape index (κ2) is 9.14. The van der Waals surface area contributed by atoms with Crippen LogP contribution in [-0.2, 0) is 9.53 Å². The lowest BCUT2D eigenvalue weighted by molar-refractivity contribution is -0.137. The maximum atomic E-state index is 13.4. The van der Waals surface area contributed by atoms with Gasteiger partial charge in [-0.25, -0.2) is 4.98 Å². The minimum atomic E-state index is -0.907. The Morgan fingerprint density at radius 1 is 1.29 bits per heavy atom. The Kier molecular flexibility index (Phi) is 6.19. The highest BCUT2D eigenvalue weighted by molar-refractivity contribution is 5.86. The van der Waals surface area contributed by atoms with E-state index in [0.29, 0.717) is 19.0 Å². The molecule has 1 saturated heterocycles. The predicted octanol–water partition coefficient (Wildman–Crippen LogP) is 0.806. The van der Waals surface area contributed by atoms with Crippen molar-refractivity contribution >= 4 is 5.91 Å². The summed E-state index contributed by atoms with van der Waals surface area (Å²) >= 11 is 0. The largest absolute Gasteiger partial charge is 0.394 e. The first-order chi connectivity index (χ1) is 16.4. The average Bonchev–Trinajstić information content (AvgIpc) is 3.58. The Bertz CT molecular complexity index is 1050. The third-order valence-electron chi connectivity index (χ3n) is 7.93. The van der Waals surface area contributed by atoms with Gasteiger partial charge in [0.1, 0.15) is 6.33 Å². The minimum absolute atomic E-state index is 0.0213. The first-order valence-electron chi connectivity index (χ1n) is 11.8. The van der Waals surface area contributed by atoms with E-state index in [1.807, 2.05) is 31.0 Å². The second-order valence-corrected chi connectivity index (χ2v) is 9.58. The van der Waals surface area contributed by atoms with Gasteiger partial charge in [-0.15, -0.1) is 5.10 Å². The zero-order chi connectivity index (χ0) is 23.9. The molecule has 1 saturated carbocycles. The number of likely N-dealkylation sites (N-methyl/N-ethyl adjacent to an activating group) is 1. The number of hydrogen-bond acceptors (Lipinski definition) is 9. The molecule has 2 fully saturated rings. The summed E-state index contributed by atoms with van der Waals surface area (Å²) in [5, 5.41) is 31.2. The van der Waals surface area contributed by atoms with Crippen molar-refractivity contribution in [1.82, 2.24) is 35.0 Å². The van der Waals surface area contributed by atoms with Gasteiger partial charge in [0, 0.05) is 24.4 Å². The summed E-state index contributed by atoms with van der Waals surface area (Å²) in [7, 11) is 2.03. The van der Waals surface area contributed by atoms with Crippen LogP contribution in [0.5, 0.6) is 0 Å². The number of tetrazole rings is 1. The maximum Gasteiger partial charge on any atom is 0.233 e. The molecule has 2 atom stereocenters. The summed E-state index contributed by atoms with van der Waals surface area (Å²) in [4.78, 5) is 21.9. The summed E-state index contributed by atoms with van der Waals surface area (Å²) in [6.07, 6.45) is 6.59. The van der Waals surface area contributed by atoms with Crippen LogP contribution >= 0.6 is 0 Å². The molecule has 0 aromatic carbocycles. The average molecular weight is 470 g/mol. The Labute approximate surface area is 198 Å². The van der Waals surface area contributed by atoms with E-state index in [9.17, 15) is 15.0 Å². The number of aliphatic hydroxyl groups excluding tert-OH is 2. The molecule has 3 aliphatic rings. The van der Waals surface area contributed by atoms with Crippen molar-refractivity contribution in [3.63, 3.8) is 0 Å². The van der Waals surface area contributed by atoms with Gasteiger partial charge in [0.2, 0.25) is 5.91 Å². The molecule has 0 radical (unpaired) electrons. The number of amides is 1. The third-order valence-corrected chi connectivity index (χ3v) is 7.93. The Hall–Kier alpha value is -2.73. The van der Waals surface area contributed by atoms with Crippen LogP contribution in [0.2, 0.25) is 0 Å². The van der Waals surface area contributed by atoms with E-state index in [1.54, 1.807) is 6.20 Å². The van der Waals surface area contributed by atoms with E-state index in [4.69, 9.17) is 4.74 Å². The molecule has 1 unspecified atom stereocenters. The molecular formula is C23H31N7O4. The van der Waals surface area contributed by atoms with Crippen molar-refractivity contribution < 1.29 is 19.7 Å². The Balaban J connectivity index is 1.24. The number of ether oxygens (including phenoxy) is 1. The zero-order valence-corrected chi connectivity index (χ0v) is 19.5. The number of aliphatic hydroxyl groups is 2. The number of hydrogen-bond donors (Lipinski definition) is 2. The standard InChI is InChI=1S/C23H31N7O4/c1-15-19(13-34-21(15)32)29-10-9-23(22(29)33)7-5-17(6-8-23)28(2)18(12-31)16-3-4-20(24-11-16)30-14-25-26-27-30/h3-4,11,14,17-18,21,31-32H,5-10,12-13H2,1-2H3/t17?,18-,21?,23?/m1/s1. The lowest BCUT2D eigenvalue weighted by Gasteiger charge is -2.42. The van der Waals surface area contributed by atoms with Gasteiger partial charge in [0.25, 0.3) is 0 Å². The zero-order valence-electron chi connectivity index (χ0n) is 19.5. The van der Waals surface area contributed by atoms with Crippen LogP contribution < -0.4 is 0 Å². The van der Waals surface area contributed by atoms with Crippen molar-refractivity contribution in [3.8, 4) is 5.82 Å². The van der Waals surface area contributed by atoms with Crippen LogP contribution in [0.1, 0.15) is 50.6 Å². The highest BCUT2D eigenvalue weighted by Gasteiger charge is 2.50. The molecule has 1 spiro atoms. The van der Waals surface area contributed by atoms with Crippen molar-refractivity contribution in [2.75, 3.05) is 26.8 Å². The monoisotopic (exact) mass is 469 g/mol. The van der Waals surface area contributed by atoms with Gasteiger partial charge >= 0.3 is 0 Å². The smallest absolute Gasteiger partial charge is 0.233 e. The summed E-state index contributed by atoms with van der Waals surface area (Å²) in [6, 6.07) is 3.86. The molecule has 0 bridgehead atoms. The van der Waals surface area contributed by atoms with Crippen molar-refractivity contribution in [1.29, 1.82) is 0 Å². The molecule has 11 nitrogen and oxygen atoms in total. The maximum absolute atomic E-state index is 13.4. The first kappa shape index (κ1) is 23.0. The number of pyridine rings is 1. The first-order valence-corrected chi connectivity index (χ1v) is 11.8. The number of rotatable bonds is 6. The molecule has 2 aliphatic heterocycles. The van der Waals surface area contributed by atoms with Crippen molar-refractivity contribution in [2.24, 2.45) is 5.41 Å².